The zero-order valence-corrected chi connectivity index (χ0v) is 18.8. The molecule has 0 radical (unpaired) electrons. The van der Waals surface area contributed by atoms with Gasteiger partial charge in [-0.25, -0.2) is 14.6 Å². The lowest BCUT2D eigenvalue weighted by atomic mass is 10.1. The predicted octanol–water partition coefficient (Wildman–Crippen LogP) is 2.93. The number of carbonyl (C=O) groups excluding carboxylic acids is 3. The lowest BCUT2D eigenvalue weighted by Gasteiger charge is -2.24. The monoisotopic (exact) mass is 445 g/mol. The molecule has 0 bridgehead atoms. The first-order valence-corrected chi connectivity index (χ1v) is 10.6. The highest BCUT2D eigenvalue weighted by Crippen LogP contribution is 2.20. The standard InChI is InChI=1S/C22H27N3O5S/c1-22(2,3)30-21(28)24-16(14-15-10-6-5-7-11-15)18(26)25-19(20(27)29-4)31-17-12-8-9-13-23-17/h5-13,16,19H,14H2,1-4H3,(H,24,28)(H,25,26)/t16-,19-/m0/s1. The van der Waals surface area contributed by atoms with E-state index in [1.807, 2.05) is 30.3 Å². The first kappa shape index (κ1) is 24.2. The van der Waals surface area contributed by atoms with E-state index in [4.69, 9.17) is 9.47 Å². The Kier molecular flexibility index (Phi) is 8.87. The number of benzene rings is 1. The van der Waals surface area contributed by atoms with Crippen molar-refractivity contribution in [1.29, 1.82) is 0 Å². The Balaban J connectivity index is 2.17. The van der Waals surface area contributed by atoms with Crippen molar-refractivity contribution in [2.24, 2.45) is 0 Å². The molecule has 2 atom stereocenters. The number of esters is 1. The number of hydrogen-bond donors (Lipinski definition) is 2. The topological polar surface area (TPSA) is 107 Å². The van der Waals surface area contributed by atoms with Crippen LogP contribution in [0.4, 0.5) is 4.79 Å². The molecule has 0 saturated heterocycles. The molecule has 2 amide bonds. The lowest BCUT2D eigenvalue weighted by molar-refractivity contribution is -0.142. The molecule has 0 fully saturated rings. The van der Waals surface area contributed by atoms with E-state index < -0.39 is 35.0 Å². The number of ether oxygens (including phenoxy) is 2. The Bertz CT molecular complexity index is 872. The van der Waals surface area contributed by atoms with E-state index in [0.717, 1.165) is 17.3 Å². The molecule has 0 saturated carbocycles. The van der Waals surface area contributed by atoms with Gasteiger partial charge in [-0.15, -0.1) is 0 Å². The minimum absolute atomic E-state index is 0.216. The van der Waals surface area contributed by atoms with Crippen molar-refractivity contribution in [1.82, 2.24) is 15.6 Å². The number of nitrogens with one attached hydrogen (secondary N) is 2. The van der Waals surface area contributed by atoms with Gasteiger partial charge >= 0.3 is 12.1 Å². The molecule has 1 aromatic carbocycles. The van der Waals surface area contributed by atoms with Gasteiger partial charge < -0.3 is 20.1 Å². The zero-order valence-electron chi connectivity index (χ0n) is 18.0. The van der Waals surface area contributed by atoms with Crippen molar-refractivity contribution < 1.29 is 23.9 Å². The van der Waals surface area contributed by atoms with Crippen LogP contribution < -0.4 is 10.6 Å². The quantitative estimate of drug-likeness (QED) is 0.365. The van der Waals surface area contributed by atoms with Gasteiger partial charge in [0.05, 0.1) is 12.1 Å². The number of thioether (sulfide) groups is 1. The summed E-state index contributed by atoms with van der Waals surface area (Å²) in [5.74, 6) is -1.19. The maximum absolute atomic E-state index is 13.0. The summed E-state index contributed by atoms with van der Waals surface area (Å²) in [4.78, 5) is 41.8. The molecular weight excluding hydrogens is 418 g/mol. The third kappa shape index (κ3) is 8.67. The lowest BCUT2D eigenvalue weighted by Crippen LogP contribution is -2.52. The van der Waals surface area contributed by atoms with Gasteiger partial charge in [-0.1, -0.05) is 48.2 Å². The molecule has 9 heteroatoms. The summed E-state index contributed by atoms with van der Waals surface area (Å²) in [6.07, 6.45) is 1.07. The van der Waals surface area contributed by atoms with Crippen molar-refractivity contribution in [3.05, 3.63) is 60.3 Å². The van der Waals surface area contributed by atoms with Crippen LogP contribution in [0.2, 0.25) is 0 Å². The van der Waals surface area contributed by atoms with Crippen LogP contribution in [0.3, 0.4) is 0 Å². The molecule has 166 valence electrons. The number of aromatic nitrogens is 1. The molecule has 0 aliphatic heterocycles. The highest BCUT2D eigenvalue weighted by atomic mass is 32.2. The molecular formula is C22H27N3O5S. The molecule has 0 aliphatic carbocycles. The van der Waals surface area contributed by atoms with Gasteiger partial charge in [0.15, 0.2) is 5.37 Å². The van der Waals surface area contributed by atoms with Crippen molar-refractivity contribution in [2.75, 3.05) is 7.11 Å². The fourth-order valence-corrected chi connectivity index (χ4v) is 3.41. The largest absolute Gasteiger partial charge is 0.467 e. The normalized spacial score (nSPS) is 12.9. The second kappa shape index (κ2) is 11.4. The highest BCUT2D eigenvalue weighted by Gasteiger charge is 2.30. The van der Waals surface area contributed by atoms with Crippen molar-refractivity contribution >= 4 is 29.7 Å². The molecule has 0 unspecified atom stereocenters. The van der Waals surface area contributed by atoms with Crippen LogP contribution in [0.15, 0.2) is 59.8 Å². The molecule has 8 nitrogen and oxygen atoms in total. The van der Waals surface area contributed by atoms with Gasteiger partial charge in [-0.05, 0) is 38.5 Å². The maximum atomic E-state index is 13.0. The third-order valence-electron chi connectivity index (χ3n) is 3.86. The predicted molar refractivity (Wildman–Crippen MR) is 117 cm³/mol. The third-order valence-corrected chi connectivity index (χ3v) is 4.88. The van der Waals surface area contributed by atoms with Crippen molar-refractivity contribution in [3.8, 4) is 0 Å². The van der Waals surface area contributed by atoms with E-state index >= 15 is 0 Å². The summed E-state index contributed by atoms with van der Waals surface area (Å²) in [5, 5.41) is 4.75. The van der Waals surface area contributed by atoms with Crippen LogP contribution >= 0.6 is 11.8 Å². The Morgan fingerprint density at radius 2 is 1.71 bits per heavy atom. The SMILES string of the molecule is COC(=O)[C@@H](NC(=O)[C@H](Cc1ccccc1)NC(=O)OC(C)(C)C)Sc1ccccn1. The Hall–Kier alpha value is -3.07. The number of methoxy groups -OCH3 is 1. The number of rotatable bonds is 8. The van der Waals surface area contributed by atoms with E-state index in [-0.39, 0.29) is 6.42 Å². The minimum Gasteiger partial charge on any atom is -0.467 e. The van der Waals surface area contributed by atoms with Gasteiger partial charge in [-0.3, -0.25) is 4.79 Å². The zero-order chi connectivity index (χ0) is 22.9. The summed E-state index contributed by atoms with van der Waals surface area (Å²) in [5.41, 5.74) is 0.118. The van der Waals surface area contributed by atoms with Gasteiger partial charge in [-0.2, -0.15) is 0 Å². The summed E-state index contributed by atoms with van der Waals surface area (Å²) in [6.45, 7) is 5.20. The maximum Gasteiger partial charge on any atom is 0.408 e. The van der Waals surface area contributed by atoms with E-state index in [2.05, 4.69) is 15.6 Å². The second-order valence-electron chi connectivity index (χ2n) is 7.59. The molecule has 1 heterocycles. The Labute approximate surface area is 186 Å². The van der Waals surface area contributed by atoms with Crippen LogP contribution in [-0.4, -0.2) is 47.1 Å². The Morgan fingerprint density at radius 1 is 1.03 bits per heavy atom. The average molecular weight is 446 g/mol. The fourth-order valence-electron chi connectivity index (χ4n) is 2.52. The first-order valence-electron chi connectivity index (χ1n) is 9.67. The summed E-state index contributed by atoms with van der Waals surface area (Å²) >= 11 is 1.04. The number of nitrogens with zero attached hydrogens (tertiary/aromatic N) is 1. The molecule has 0 spiro atoms. The number of hydrogen-bond acceptors (Lipinski definition) is 7. The van der Waals surface area contributed by atoms with Crippen LogP contribution in [0.5, 0.6) is 0 Å². The molecule has 1 aromatic heterocycles. The van der Waals surface area contributed by atoms with E-state index in [0.29, 0.717) is 5.03 Å². The van der Waals surface area contributed by atoms with Crippen LogP contribution in [-0.2, 0) is 25.5 Å². The number of alkyl carbamates (subject to hydrolysis) is 1. The molecule has 0 aliphatic rings. The van der Waals surface area contributed by atoms with Crippen LogP contribution in [0.1, 0.15) is 26.3 Å². The summed E-state index contributed by atoms with van der Waals surface area (Å²) in [6, 6.07) is 13.5. The number of carbonyl (C=O) groups is 3. The van der Waals surface area contributed by atoms with Crippen LogP contribution in [0, 0.1) is 0 Å². The van der Waals surface area contributed by atoms with E-state index in [1.54, 1.807) is 45.2 Å². The molecule has 31 heavy (non-hydrogen) atoms. The number of amides is 2. The van der Waals surface area contributed by atoms with Crippen molar-refractivity contribution in [3.63, 3.8) is 0 Å². The van der Waals surface area contributed by atoms with Gasteiger partial charge in [0.25, 0.3) is 0 Å². The molecule has 2 aromatic rings. The summed E-state index contributed by atoms with van der Waals surface area (Å²) in [7, 11) is 1.24. The van der Waals surface area contributed by atoms with Gasteiger partial charge in [0, 0.05) is 12.6 Å². The van der Waals surface area contributed by atoms with Crippen LogP contribution in [0.25, 0.3) is 0 Å². The molecule has 2 N–H and O–H groups in total. The highest BCUT2D eigenvalue weighted by molar-refractivity contribution is 8.00. The average Bonchev–Trinajstić information content (AvgIpc) is 2.72. The first-order chi connectivity index (χ1) is 14.7. The van der Waals surface area contributed by atoms with Crippen molar-refractivity contribution in [2.45, 2.75) is 49.2 Å². The van der Waals surface area contributed by atoms with Gasteiger partial charge in [0.1, 0.15) is 11.6 Å². The number of pyridine rings is 1. The second-order valence-corrected chi connectivity index (χ2v) is 8.71. The Morgan fingerprint density at radius 3 is 2.29 bits per heavy atom. The fraction of sp³-hybridized carbons (Fsp3) is 0.364. The molecule has 2 rings (SSSR count). The summed E-state index contributed by atoms with van der Waals surface area (Å²) < 4.78 is 10.1. The van der Waals surface area contributed by atoms with Gasteiger partial charge in [0.2, 0.25) is 5.91 Å². The smallest absolute Gasteiger partial charge is 0.408 e. The van der Waals surface area contributed by atoms with E-state index in [1.165, 1.54) is 7.11 Å². The minimum atomic E-state index is -1.04. The van der Waals surface area contributed by atoms with E-state index in [9.17, 15) is 14.4 Å².